The molecule has 1 rings (SSSR count). The van der Waals surface area contributed by atoms with Gasteiger partial charge in [0.05, 0.1) is 13.2 Å². The molecule has 5 heteroatoms. The van der Waals surface area contributed by atoms with Crippen LogP contribution in [-0.4, -0.2) is 44.8 Å². The molecule has 1 aliphatic rings. The third-order valence-corrected chi connectivity index (χ3v) is 4.27. The molecular weight excluding hydrogens is 190 g/mol. The topological polar surface area (TPSA) is 46.6 Å². The summed E-state index contributed by atoms with van der Waals surface area (Å²) in [5.41, 5.74) is 0. The lowest BCUT2D eigenvalue weighted by Gasteiger charge is -2.17. The van der Waals surface area contributed by atoms with Crippen molar-refractivity contribution in [2.24, 2.45) is 0 Å². The van der Waals surface area contributed by atoms with Gasteiger partial charge in [0.1, 0.15) is 5.25 Å². The molecule has 0 aromatic carbocycles. The second-order valence-electron chi connectivity index (χ2n) is 2.99. The van der Waals surface area contributed by atoms with Crippen molar-refractivity contribution in [2.75, 3.05) is 26.8 Å². The molecular formula is C8H13NO3S. The van der Waals surface area contributed by atoms with Gasteiger partial charge in [-0.15, -0.1) is 6.42 Å². The molecule has 0 amide bonds. The quantitative estimate of drug-likeness (QED) is 0.590. The van der Waals surface area contributed by atoms with Crippen molar-refractivity contribution in [3.63, 3.8) is 0 Å². The molecule has 0 aromatic rings. The van der Waals surface area contributed by atoms with Gasteiger partial charge in [-0.3, -0.25) is 0 Å². The highest BCUT2D eigenvalue weighted by Crippen LogP contribution is 2.16. The van der Waals surface area contributed by atoms with E-state index in [1.54, 1.807) is 0 Å². The summed E-state index contributed by atoms with van der Waals surface area (Å²) < 4.78 is 29.6. The molecule has 1 aliphatic heterocycles. The lowest BCUT2D eigenvalue weighted by molar-refractivity contribution is 0.198. The third-order valence-electron chi connectivity index (χ3n) is 2.06. The molecule has 1 unspecified atom stereocenters. The van der Waals surface area contributed by atoms with Gasteiger partial charge in [-0.05, 0) is 6.42 Å². The predicted molar refractivity (Wildman–Crippen MR) is 49.6 cm³/mol. The molecule has 0 radical (unpaired) electrons. The molecule has 13 heavy (non-hydrogen) atoms. The van der Waals surface area contributed by atoms with E-state index in [2.05, 4.69) is 5.92 Å². The first kappa shape index (κ1) is 10.5. The van der Waals surface area contributed by atoms with Crippen LogP contribution < -0.4 is 0 Å². The van der Waals surface area contributed by atoms with E-state index in [1.807, 2.05) is 0 Å². The summed E-state index contributed by atoms with van der Waals surface area (Å²) in [6, 6.07) is 0. The predicted octanol–water partition coefficient (Wildman–Crippen LogP) is -0.330. The van der Waals surface area contributed by atoms with Crippen LogP contribution in [0.3, 0.4) is 0 Å². The maximum Gasteiger partial charge on any atom is 0.219 e. The van der Waals surface area contributed by atoms with E-state index >= 15 is 0 Å². The lowest BCUT2D eigenvalue weighted by Crippen LogP contribution is -2.36. The van der Waals surface area contributed by atoms with Crippen molar-refractivity contribution in [1.29, 1.82) is 0 Å². The fraction of sp³-hybridized carbons (Fsp3) is 0.750. The minimum atomic E-state index is -3.24. The van der Waals surface area contributed by atoms with E-state index in [-0.39, 0.29) is 13.2 Å². The van der Waals surface area contributed by atoms with E-state index in [0.717, 1.165) is 0 Å². The summed E-state index contributed by atoms with van der Waals surface area (Å²) in [7, 11) is -1.74. The second-order valence-corrected chi connectivity index (χ2v) is 5.31. The summed E-state index contributed by atoms with van der Waals surface area (Å²) in [5, 5.41) is -0.411. The van der Waals surface area contributed by atoms with Crippen LogP contribution in [0.15, 0.2) is 0 Å². The molecule has 0 aliphatic carbocycles. The largest absolute Gasteiger partial charge is 0.380 e. The molecule has 0 bridgehead atoms. The van der Waals surface area contributed by atoms with Crippen LogP contribution in [0.4, 0.5) is 0 Å². The Hall–Kier alpha value is -0.570. The maximum atomic E-state index is 11.7. The Morgan fingerprint density at radius 3 is 2.85 bits per heavy atom. The standard InChI is InChI=1S/C8H13NO3S/c1-3-5-9(2)13(10,11)8-4-6-12-7-8/h1,8H,4-7H2,2H3. The SMILES string of the molecule is C#CCN(C)S(=O)(=O)C1CCOC1. The van der Waals surface area contributed by atoms with Crippen molar-refractivity contribution in [3.05, 3.63) is 0 Å². The fourth-order valence-electron chi connectivity index (χ4n) is 1.22. The molecule has 1 atom stereocenters. The Kier molecular flexibility index (Phi) is 3.31. The molecule has 0 saturated carbocycles. The summed E-state index contributed by atoms with van der Waals surface area (Å²) in [6.45, 7) is 0.934. The van der Waals surface area contributed by atoms with Crippen molar-refractivity contribution >= 4 is 10.0 Å². The first-order valence-corrected chi connectivity index (χ1v) is 5.55. The van der Waals surface area contributed by atoms with Gasteiger partial charge in [-0.25, -0.2) is 8.42 Å². The Balaban J connectivity index is 2.70. The Labute approximate surface area is 78.9 Å². The molecule has 1 saturated heterocycles. The van der Waals surface area contributed by atoms with Crippen LogP contribution in [0.5, 0.6) is 0 Å². The molecule has 1 heterocycles. The minimum absolute atomic E-state index is 0.124. The number of sulfonamides is 1. The highest BCUT2D eigenvalue weighted by Gasteiger charge is 2.32. The van der Waals surface area contributed by atoms with Crippen LogP contribution in [-0.2, 0) is 14.8 Å². The fourth-order valence-corrected chi connectivity index (χ4v) is 2.65. The monoisotopic (exact) mass is 203 g/mol. The van der Waals surface area contributed by atoms with Crippen molar-refractivity contribution in [2.45, 2.75) is 11.7 Å². The van der Waals surface area contributed by atoms with Gasteiger partial charge in [0.2, 0.25) is 10.0 Å². The Bertz CT molecular complexity index is 298. The van der Waals surface area contributed by atoms with Crippen LogP contribution in [0, 0.1) is 12.3 Å². The van der Waals surface area contributed by atoms with Gasteiger partial charge in [0, 0.05) is 13.7 Å². The molecule has 74 valence electrons. The van der Waals surface area contributed by atoms with Crippen LogP contribution in [0.1, 0.15) is 6.42 Å². The zero-order valence-electron chi connectivity index (χ0n) is 7.56. The smallest absolute Gasteiger partial charge is 0.219 e. The average Bonchev–Trinajstić information content (AvgIpc) is 2.56. The first-order chi connectivity index (χ1) is 6.09. The van der Waals surface area contributed by atoms with Gasteiger partial charge >= 0.3 is 0 Å². The van der Waals surface area contributed by atoms with E-state index in [0.29, 0.717) is 13.0 Å². The molecule has 0 aromatic heterocycles. The van der Waals surface area contributed by atoms with Gasteiger partial charge < -0.3 is 4.74 Å². The third kappa shape index (κ3) is 2.21. The summed E-state index contributed by atoms with van der Waals surface area (Å²) in [6.07, 6.45) is 5.60. The van der Waals surface area contributed by atoms with Crippen LogP contribution in [0.2, 0.25) is 0 Å². The number of nitrogens with zero attached hydrogens (tertiary/aromatic N) is 1. The number of terminal acetylenes is 1. The number of hydrogen-bond acceptors (Lipinski definition) is 3. The number of ether oxygens (including phenoxy) is 1. The molecule has 0 spiro atoms. The summed E-state index contributed by atoms with van der Waals surface area (Å²) in [5.74, 6) is 2.30. The summed E-state index contributed by atoms with van der Waals surface area (Å²) >= 11 is 0. The zero-order chi connectivity index (χ0) is 9.90. The van der Waals surface area contributed by atoms with Gasteiger partial charge in [-0.1, -0.05) is 5.92 Å². The van der Waals surface area contributed by atoms with E-state index in [1.165, 1.54) is 11.4 Å². The van der Waals surface area contributed by atoms with E-state index < -0.39 is 15.3 Å². The molecule has 0 N–H and O–H groups in total. The minimum Gasteiger partial charge on any atom is -0.380 e. The zero-order valence-corrected chi connectivity index (χ0v) is 8.38. The van der Waals surface area contributed by atoms with Crippen molar-refractivity contribution in [3.8, 4) is 12.3 Å². The van der Waals surface area contributed by atoms with Gasteiger partial charge in [0.15, 0.2) is 0 Å². The first-order valence-electron chi connectivity index (χ1n) is 4.05. The number of hydrogen-bond donors (Lipinski definition) is 0. The maximum absolute atomic E-state index is 11.7. The van der Waals surface area contributed by atoms with Crippen molar-refractivity contribution in [1.82, 2.24) is 4.31 Å². The summed E-state index contributed by atoms with van der Waals surface area (Å²) in [4.78, 5) is 0. The molecule has 4 nitrogen and oxygen atoms in total. The van der Waals surface area contributed by atoms with Gasteiger partial charge in [0.25, 0.3) is 0 Å². The highest BCUT2D eigenvalue weighted by molar-refractivity contribution is 7.89. The number of rotatable bonds is 3. The van der Waals surface area contributed by atoms with Crippen LogP contribution >= 0.6 is 0 Å². The van der Waals surface area contributed by atoms with Crippen LogP contribution in [0.25, 0.3) is 0 Å². The Morgan fingerprint density at radius 2 is 2.38 bits per heavy atom. The Morgan fingerprint density at radius 1 is 1.69 bits per heavy atom. The van der Waals surface area contributed by atoms with Crippen molar-refractivity contribution < 1.29 is 13.2 Å². The van der Waals surface area contributed by atoms with Gasteiger partial charge in [-0.2, -0.15) is 4.31 Å². The van der Waals surface area contributed by atoms with E-state index in [9.17, 15) is 8.42 Å². The average molecular weight is 203 g/mol. The lowest BCUT2D eigenvalue weighted by atomic mass is 10.4. The normalized spacial score (nSPS) is 23.3. The highest BCUT2D eigenvalue weighted by atomic mass is 32.2. The second kappa shape index (κ2) is 4.09. The molecule has 1 fully saturated rings. The van der Waals surface area contributed by atoms with E-state index in [4.69, 9.17) is 11.2 Å².